The van der Waals surface area contributed by atoms with Crippen LogP contribution in [-0.4, -0.2) is 0 Å². The van der Waals surface area contributed by atoms with Gasteiger partial charge in [0.1, 0.15) is 0 Å². The second-order valence-corrected chi connectivity index (χ2v) is 6.68. The largest absolute Gasteiger partial charge is 0.0776 e. The van der Waals surface area contributed by atoms with Crippen LogP contribution < -0.4 is 0 Å². The second-order valence-electron chi connectivity index (χ2n) is 6.68. The molecule has 0 saturated heterocycles. The van der Waals surface area contributed by atoms with Crippen LogP contribution in [0.4, 0.5) is 0 Å². The fourth-order valence-electron chi connectivity index (χ4n) is 3.51. The molecule has 0 nitrogen and oxygen atoms in total. The summed E-state index contributed by atoms with van der Waals surface area (Å²) in [5.41, 5.74) is 6.87. The van der Waals surface area contributed by atoms with Crippen molar-refractivity contribution in [3.63, 3.8) is 0 Å². The summed E-state index contributed by atoms with van der Waals surface area (Å²) >= 11 is 0. The average molecular weight is 333 g/mol. The van der Waals surface area contributed by atoms with Crippen molar-refractivity contribution in [1.82, 2.24) is 0 Å². The first kappa shape index (κ1) is 25.2. The number of aryl methyl sites for hydroxylation is 1. The van der Waals surface area contributed by atoms with Crippen molar-refractivity contribution < 1.29 is 0 Å². The fourth-order valence-corrected chi connectivity index (χ4v) is 3.51. The summed E-state index contributed by atoms with van der Waals surface area (Å²) in [5.74, 6) is 0. The van der Waals surface area contributed by atoms with E-state index in [1.54, 1.807) is 16.7 Å². The Morgan fingerprint density at radius 1 is 0.917 bits per heavy atom. The van der Waals surface area contributed by atoms with Crippen molar-refractivity contribution >= 4 is 5.57 Å². The molecule has 0 atom stereocenters. The van der Waals surface area contributed by atoms with Crippen molar-refractivity contribution in [2.45, 2.75) is 101 Å². The molecule has 0 aliphatic heterocycles. The van der Waals surface area contributed by atoms with E-state index < -0.39 is 0 Å². The van der Waals surface area contributed by atoms with Crippen molar-refractivity contribution in [3.8, 4) is 0 Å². The molecular weight excluding hydrogens is 288 g/mol. The van der Waals surface area contributed by atoms with Crippen LogP contribution in [0.2, 0.25) is 0 Å². The van der Waals surface area contributed by atoms with E-state index in [4.69, 9.17) is 0 Å². The third-order valence-corrected chi connectivity index (χ3v) is 4.47. The number of allylic oxidation sites excluding steroid dienone is 2. The van der Waals surface area contributed by atoms with Crippen LogP contribution >= 0.6 is 0 Å². The van der Waals surface area contributed by atoms with E-state index in [9.17, 15) is 0 Å². The van der Waals surface area contributed by atoms with Gasteiger partial charge < -0.3 is 0 Å². The predicted octanol–water partition coefficient (Wildman–Crippen LogP) is 8.70. The molecule has 0 amide bonds. The molecule has 1 aromatic carbocycles. The summed E-state index contributed by atoms with van der Waals surface area (Å²) in [6, 6.07) is 9.03. The Labute approximate surface area is 153 Å². The van der Waals surface area contributed by atoms with Gasteiger partial charge in [0.25, 0.3) is 0 Å². The van der Waals surface area contributed by atoms with Crippen LogP contribution in [0.3, 0.4) is 0 Å². The molecule has 0 fully saturated rings. The summed E-state index contributed by atoms with van der Waals surface area (Å²) in [6.45, 7) is 17.5. The summed E-state index contributed by atoms with van der Waals surface area (Å²) in [7, 11) is 0. The normalized spacial score (nSPS) is 12.8. The maximum absolute atomic E-state index is 2.42. The van der Waals surface area contributed by atoms with E-state index in [1.165, 1.54) is 44.1 Å². The molecule has 0 aromatic heterocycles. The second kappa shape index (κ2) is 13.3. The minimum absolute atomic E-state index is 0. The van der Waals surface area contributed by atoms with Gasteiger partial charge in [0.15, 0.2) is 0 Å². The molecule has 0 heteroatoms. The zero-order valence-corrected chi connectivity index (χ0v) is 17.1. The van der Waals surface area contributed by atoms with E-state index in [0.717, 1.165) is 0 Å². The van der Waals surface area contributed by atoms with Crippen LogP contribution in [0.25, 0.3) is 5.57 Å². The predicted molar refractivity (Wildman–Crippen MR) is 115 cm³/mol. The topological polar surface area (TPSA) is 0 Å². The highest BCUT2D eigenvalue weighted by molar-refractivity contribution is 5.73. The lowest BCUT2D eigenvalue weighted by Crippen LogP contribution is -2.15. The van der Waals surface area contributed by atoms with Crippen molar-refractivity contribution in [1.29, 1.82) is 0 Å². The summed E-state index contributed by atoms with van der Waals surface area (Å²) < 4.78 is 0. The van der Waals surface area contributed by atoms with Crippen LogP contribution in [0, 0.1) is 5.41 Å². The molecule has 0 N–H and O–H groups in total. The summed E-state index contributed by atoms with van der Waals surface area (Å²) in [6.07, 6.45) is 7.55. The van der Waals surface area contributed by atoms with Gasteiger partial charge in [-0.2, -0.15) is 0 Å². The molecule has 140 valence electrons. The molecule has 0 spiro atoms. The minimum atomic E-state index is 0. The van der Waals surface area contributed by atoms with Gasteiger partial charge in [0.05, 0.1) is 0 Å². The summed E-state index contributed by atoms with van der Waals surface area (Å²) in [5, 5.41) is 0. The molecule has 1 aliphatic carbocycles. The molecule has 1 aromatic rings. The maximum atomic E-state index is 2.42. The third-order valence-electron chi connectivity index (χ3n) is 4.47. The zero-order chi connectivity index (χ0) is 17.9. The first-order valence-corrected chi connectivity index (χ1v) is 9.86. The van der Waals surface area contributed by atoms with Crippen molar-refractivity contribution in [3.05, 3.63) is 41.0 Å². The Balaban J connectivity index is 0. The van der Waals surface area contributed by atoms with E-state index >= 15 is 0 Å². The third kappa shape index (κ3) is 7.24. The SMILES string of the molecule is C.CC.CC.CCCC(C)(C)CC1=C(CC)CCc2ccccc21. The van der Waals surface area contributed by atoms with E-state index in [0.29, 0.717) is 5.41 Å². The number of hydrogen-bond acceptors (Lipinski definition) is 0. The first-order valence-electron chi connectivity index (χ1n) is 9.86. The molecule has 0 bridgehead atoms. The standard InChI is InChI=1S/C19H28.2C2H6.CH4/c1-5-13-19(3,4)14-18-15(6-2)11-12-16-9-7-8-10-17(16)18;2*1-2;/h7-10H,5-6,11-14H2,1-4H3;2*1-2H3;1H4. The molecular formula is C24H44. The Morgan fingerprint density at radius 2 is 1.50 bits per heavy atom. The maximum Gasteiger partial charge on any atom is -0.0193 e. The van der Waals surface area contributed by atoms with Crippen LogP contribution in [0.15, 0.2) is 29.8 Å². The minimum Gasteiger partial charge on any atom is -0.0776 e. The lowest BCUT2D eigenvalue weighted by atomic mass is 9.74. The molecule has 0 unspecified atom stereocenters. The lowest BCUT2D eigenvalue weighted by molar-refractivity contribution is 0.340. The molecule has 0 heterocycles. The Morgan fingerprint density at radius 3 is 2.04 bits per heavy atom. The zero-order valence-electron chi connectivity index (χ0n) is 17.1. The quantitative estimate of drug-likeness (QED) is 0.505. The first-order chi connectivity index (χ1) is 11.1. The molecule has 24 heavy (non-hydrogen) atoms. The highest BCUT2D eigenvalue weighted by atomic mass is 14.3. The van der Waals surface area contributed by atoms with Gasteiger partial charge in [0.2, 0.25) is 0 Å². The van der Waals surface area contributed by atoms with E-state index in [2.05, 4.69) is 52.0 Å². The highest BCUT2D eigenvalue weighted by Gasteiger charge is 2.24. The van der Waals surface area contributed by atoms with Crippen molar-refractivity contribution in [2.24, 2.45) is 5.41 Å². The van der Waals surface area contributed by atoms with Crippen molar-refractivity contribution in [2.75, 3.05) is 0 Å². The Hall–Kier alpha value is -1.04. The molecule has 0 radical (unpaired) electrons. The number of hydrogen-bond donors (Lipinski definition) is 0. The van der Waals surface area contributed by atoms with Gasteiger partial charge >= 0.3 is 0 Å². The molecule has 1 aliphatic rings. The number of fused-ring (bicyclic) bond motifs is 1. The van der Waals surface area contributed by atoms with Crippen LogP contribution in [-0.2, 0) is 6.42 Å². The monoisotopic (exact) mass is 332 g/mol. The van der Waals surface area contributed by atoms with E-state index in [1.807, 2.05) is 27.7 Å². The number of rotatable bonds is 5. The fraction of sp³-hybridized carbons (Fsp3) is 0.667. The van der Waals surface area contributed by atoms with Gasteiger partial charge in [-0.05, 0) is 54.2 Å². The van der Waals surface area contributed by atoms with Gasteiger partial charge in [-0.25, -0.2) is 0 Å². The van der Waals surface area contributed by atoms with Crippen LogP contribution in [0.5, 0.6) is 0 Å². The van der Waals surface area contributed by atoms with E-state index in [-0.39, 0.29) is 7.43 Å². The van der Waals surface area contributed by atoms with Gasteiger partial charge in [0, 0.05) is 0 Å². The smallest absolute Gasteiger partial charge is 0.0193 e. The van der Waals surface area contributed by atoms with Gasteiger partial charge in [-0.1, -0.05) is 99.1 Å². The van der Waals surface area contributed by atoms with Gasteiger partial charge in [-0.3, -0.25) is 0 Å². The van der Waals surface area contributed by atoms with Gasteiger partial charge in [-0.15, -0.1) is 0 Å². The summed E-state index contributed by atoms with van der Waals surface area (Å²) in [4.78, 5) is 0. The molecule has 0 saturated carbocycles. The highest BCUT2D eigenvalue weighted by Crippen LogP contribution is 2.41. The molecule has 2 rings (SSSR count). The Kier molecular flexibility index (Phi) is 13.9. The van der Waals surface area contributed by atoms with Crippen LogP contribution in [0.1, 0.15) is 106 Å². The number of benzene rings is 1. The lowest BCUT2D eigenvalue weighted by Gasteiger charge is -2.31. The average Bonchev–Trinajstić information content (AvgIpc) is 2.58. The Bertz CT molecular complexity index is 463.